The molecule has 0 spiro atoms. The number of halogens is 1. The zero-order valence-electron chi connectivity index (χ0n) is 9.69. The van der Waals surface area contributed by atoms with Gasteiger partial charge in [-0.25, -0.2) is 9.97 Å². The van der Waals surface area contributed by atoms with E-state index in [1.807, 2.05) is 24.3 Å². The number of aromatic nitrogens is 2. The van der Waals surface area contributed by atoms with E-state index in [4.69, 9.17) is 18.0 Å². The molecular formula is C13H12ClN3S. The van der Waals surface area contributed by atoms with Gasteiger partial charge in [-0.2, -0.15) is 0 Å². The van der Waals surface area contributed by atoms with E-state index in [0.717, 1.165) is 34.8 Å². The summed E-state index contributed by atoms with van der Waals surface area (Å²) in [4.78, 5) is 8.39. The maximum Gasteiger partial charge on any atom is 0.224 e. The molecule has 18 heavy (non-hydrogen) atoms. The first-order valence-electron chi connectivity index (χ1n) is 5.48. The molecule has 1 heterocycles. The zero-order chi connectivity index (χ0) is 12.8. The number of rotatable bonds is 5. The summed E-state index contributed by atoms with van der Waals surface area (Å²) in [6, 6.07) is 7.78. The van der Waals surface area contributed by atoms with Crippen molar-refractivity contribution in [3.63, 3.8) is 0 Å². The lowest BCUT2D eigenvalue weighted by Crippen LogP contribution is -2.07. The molecule has 2 aromatic rings. The Morgan fingerprint density at radius 1 is 1.33 bits per heavy atom. The largest absolute Gasteiger partial charge is 0.369 e. The van der Waals surface area contributed by atoms with Crippen LogP contribution in [0.25, 0.3) is 10.9 Å². The maximum absolute atomic E-state index is 5.89. The number of thioether (sulfide) groups is 1. The van der Waals surface area contributed by atoms with E-state index < -0.39 is 0 Å². The molecule has 0 unspecified atom stereocenters. The van der Waals surface area contributed by atoms with Gasteiger partial charge >= 0.3 is 0 Å². The Kier molecular flexibility index (Phi) is 4.68. The number of hydrogen-bond donors (Lipinski definition) is 1. The molecule has 0 bridgehead atoms. The van der Waals surface area contributed by atoms with Gasteiger partial charge in [0.25, 0.3) is 0 Å². The molecule has 0 saturated carbocycles. The Morgan fingerprint density at radius 3 is 3.00 bits per heavy atom. The lowest BCUT2D eigenvalue weighted by atomic mass is 10.2. The highest BCUT2D eigenvalue weighted by molar-refractivity contribution is 7.99. The van der Waals surface area contributed by atoms with Crippen molar-refractivity contribution in [2.24, 2.45) is 0 Å². The summed E-state index contributed by atoms with van der Waals surface area (Å²) in [6.07, 6.45) is 5.19. The normalized spacial score (nSPS) is 10.2. The number of benzene rings is 1. The molecule has 1 aromatic carbocycles. The van der Waals surface area contributed by atoms with E-state index in [1.54, 1.807) is 11.8 Å². The minimum atomic E-state index is 0.257. The third kappa shape index (κ3) is 3.28. The van der Waals surface area contributed by atoms with E-state index in [9.17, 15) is 0 Å². The van der Waals surface area contributed by atoms with Crippen LogP contribution in [-0.2, 0) is 0 Å². The van der Waals surface area contributed by atoms with E-state index in [-0.39, 0.29) is 5.28 Å². The van der Waals surface area contributed by atoms with Gasteiger partial charge in [-0.3, -0.25) is 0 Å². The van der Waals surface area contributed by atoms with Crippen molar-refractivity contribution in [2.45, 2.75) is 0 Å². The summed E-state index contributed by atoms with van der Waals surface area (Å²) in [6.45, 7) is 0.795. The van der Waals surface area contributed by atoms with Crippen LogP contribution in [-0.4, -0.2) is 28.0 Å². The summed E-state index contributed by atoms with van der Waals surface area (Å²) in [5.41, 5.74) is 0.844. The number of para-hydroxylation sites is 1. The Labute approximate surface area is 115 Å². The lowest BCUT2D eigenvalue weighted by molar-refractivity contribution is 1.15. The molecule has 0 radical (unpaired) electrons. The molecule has 2 rings (SSSR count). The number of terminal acetylenes is 1. The second kappa shape index (κ2) is 6.48. The van der Waals surface area contributed by atoms with Crippen LogP contribution in [0.1, 0.15) is 0 Å². The van der Waals surface area contributed by atoms with Crippen molar-refractivity contribution in [2.75, 3.05) is 23.4 Å². The fourth-order valence-corrected chi connectivity index (χ4v) is 2.24. The van der Waals surface area contributed by atoms with Gasteiger partial charge in [0.15, 0.2) is 0 Å². The van der Waals surface area contributed by atoms with Crippen molar-refractivity contribution in [3.05, 3.63) is 29.5 Å². The van der Waals surface area contributed by atoms with E-state index in [0.29, 0.717) is 0 Å². The van der Waals surface area contributed by atoms with Gasteiger partial charge in [-0.05, 0) is 23.7 Å². The Balaban J connectivity index is 2.10. The summed E-state index contributed by atoms with van der Waals surface area (Å²) in [5.74, 6) is 5.02. The predicted octanol–water partition coefficient (Wildman–Crippen LogP) is 3.06. The van der Waals surface area contributed by atoms with E-state index >= 15 is 0 Å². The molecule has 0 aliphatic rings. The molecule has 1 N–H and O–H groups in total. The molecule has 0 aliphatic carbocycles. The summed E-state index contributed by atoms with van der Waals surface area (Å²) >= 11 is 7.60. The van der Waals surface area contributed by atoms with Gasteiger partial charge in [0.1, 0.15) is 5.82 Å². The van der Waals surface area contributed by atoms with Gasteiger partial charge < -0.3 is 5.32 Å². The Hall–Kier alpha value is -1.44. The molecule has 0 amide bonds. The first-order chi connectivity index (χ1) is 8.81. The molecule has 3 nitrogen and oxygen atoms in total. The van der Waals surface area contributed by atoms with Crippen LogP contribution in [0.15, 0.2) is 24.3 Å². The summed E-state index contributed by atoms with van der Waals surface area (Å²) in [5, 5.41) is 4.50. The fourth-order valence-electron chi connectivity index (χ4n) is 1.56. The molecule has 0 aliphatic heterocycles. The van der Waals surface area contributed by atoms with Crippen molar-refractivity contribution in [3.8, 4) is 12.3 Å². The van der Waals surface area contributed by atoms with Crippen LogP contribution >= 0.6 is 23.4 Å². The third-order valence-corrected chi connectivity index (χ3v) is 3.33. The molecule has 5 heteroatoms. The quantitative estimate of drug-likeness (QED) is 0.518. The van der Waals surface area contributed by atoms with Crippen LogP contribution in [0.4, 0.5) is 5.82 Å². The third-order valence-electron chi connectivity index (χ3n) is 2.30. The molecule has 92 valence electrons. The first kappa shape index (κ1) is 13.0. The van der Waals surface area contributed by atoms with Gasteiger partial charge in [0, 0.05) is 17.7 Å². The average molecular weight is 278 g/mol. The number of nitrogens with one attached hydrogen (secondary N) is 1. The van der Waals surface area contributed by atoms with Crippen molar-refractivity contribution in [1.82, 2.24) is 9.97 Å². The topological polar surface area (TPSA) is 37.8 Å². The van der Waals surface area contributed by atoms with E-state index in [1.165, 1.54) is 0 Å². The number of nitrogens with zero attached hydrogens (tertiary/aromatic N) is 2. The van der Waals surface area contributed by atoms with Gasteiger partial charge in [0.05, 0.1) is 11.3 Å². The first-order valence-corrected chi connectivity index (χ1v) is 7.02. The number of anilines is 1. The SMILES string of the molecule is C#CCSCCNc1nc(Cl)nc2ccccc12. The van der Waals surface area contributed by atoms with Crippen LogP contribution in [0, 0.1) is 12.3 Å². The van der Waals surface area contributed by atoms with Crippen LogP contribution in [0.3, 0.4) is 0 Å². The molecule has 0 fully saturated rings. The van der Waals surface area contributed by atoms with Crippen molar-refractivity contribution in [1.29, 1.82) is 0 Å². The maximum atomic E-state index is 5.89. The summed E-state index contributed by atoms with van der Waals surface area (Å²) < 4.78 is 0. The molecule has 0 atom stereocenters. The monoisotopic (exact) mass is 277 g/mol. The van der Waals surface area contributed by atoms with Crippen molar-refractivity contribution >= 4 is 40.1 Å². The average Bonchev–Trinajstić information content (AvgIpc) is 2.38. The number of hydrogen-bond acceptors (Lipinski definition) is 4. The van der Waals surface area contributed by atoms with Crippen molar-refractivity contribution < 1.29 is 0 Å². The van der Waals surface area contributed by atoms with Gasteiger partial charge in [-0.1, -0.05) is 18.1 Å². The molecule has 1 aromatic heterocycles. The Bertz CT molecular complexity index is 580. The highest BCUT2D eigenvalue weighted by atomic mass is 35.5. The number of fused-ring (bicyclic) bond motifs is 1. The van der Waals surface area contributed by atoms with Gasteiger partial charge in [0.2, 0.25) is 5.28 Å². The second-order valence-electron chi connectivity index (χ2n) is 3.54. The van der Waals surface area contributed by atoms with Crippen LogP contribution in [0.2, 0.25) is 5.28 Å². The fraction of sp³-hybridized carbons (Fsp3) is 0.231. The summed E-state index contributed by atoms with van der Waals surface area (Å²) in [7, 11) is 0. The molecule has 0 saturated heterocycles. The smallest absolute Gasteiger partial charge is 0.224 e. The second-order valence-corrected chi connectivity index (χ2v) is 4.99. The highest BCUT2D eigenvalue weighted by Crippen LogP contribution is 2.21. The lowest BCUT2D eigenvalue weighted by Gasteiger charge is -2.08. The zero-order valence-corrected chi connectivity index (χ0v) is 11.3. The predicted molar refractivity (Wildman–Crippen MR) is 79.2 cm³/mol. The molecular weight excluding hydrogens is 266 g/mol. The Morgan fingerprint density at radius 2 is 2.17 bits per heavy atom. The minimum Gasteiger partial charge on any atom is -0.369 e. The van der Waals surface area contributed by atoms with Crippen LogP contribution < -0.4 is 5.32 Å². The van der Waals surface area contributed by atoms with E-state index in [2.05, 4.69) is 21.2 Å². The van der Waals surface area contributed by atoms with Gasteiger partial charge in [-0.15, -0.1) is 18.2 Å². The standard InChI is InChI=1S/C13H12ClN3S/c1-2-8-18-9-7-15-12-10-5-3-4-6-11(10)16-13(14)17-12/h1,3-6H,7-9H2,(H,15,16,17). The van der Waals surface area contributed by atoms with Crippen LogP contribution in [0.5, 0.6) is 0 Å². The minimum absolute atomic E-state index is 0.257. The highest BCUT2D eigenvalue weighted by Gasteiger charge is 2.05.